The third kappa shape index (κ3) is 1.28. The molecule has 3 heterocycles. The SMILES string of the molecule is CN1Cc2nnc(C(=O)O)n2-c2ccncc21. The van der Waals surface area contributed by atoms with Gasteiger partial charge in [-0.15, -0.1) is 10.2 Å². The molecule has 0 saturated heterocycles. The van der Waals surface area contributed by atoms with E-state index in [2.05, 4.69) is 15.2 Å². The van der Waals surface area contributed by atoms with E-state index in [0.29, 0.717) is 12.4 Å². The predicted molar refractivity (Wildman–Crippen MR) is 58.2 cm³/mol. The summed E-state index contributed by atoms with van der Waals surface area (Å²) in [6.45, 7) is 0.513. The van der Waals surface area contributed by atoms with Crippen LogP contribution in [0.25, 0.3) is 5.69 Å². The molecule has 7 heteroatoms. The van der Waals surface area contributed by atoms with E-state index in [4.69, 9.17) is 5.11 Å². The third-order valence-corrected chi connectivity index (χ3v) is 2.73. The minimum atomic E-state index is -1.09. The highest BCUT2D eigenvalue weighted by Gasteiger charge is 2.26. The van der Waals surface area contributed by atoms with Crippen molar-refractivity contribution in [2.45, 2.75) is 6.54 Å². The van der Waals surface area contributed by atoms with E-state index in [1.54, 1.807) is 23.0 Å². The second-order valence-corrected chi connectivity index (χ2v) is 3.80. The van der Waals surface area contributed by atoms with Crippen molar-refractivity contribution in [2.24, 2.45) is 0 Å². The minimum Gasteiger partial charge on any atom is -0.475 e. The first kappa shape index (κ1) is 9.76. The molecule has 0 bridgehead atoms. The topological polar surface area (TPSA) is 84.1 Å². The average molecular weight is 231 g/mol. The van der Waals surface area contributed by atoms with Crippen molar-refractivity contribution < 1.29 is 9.90 Å². The van der Waals surface area contributed by atoms with Crippen LogP contribution >= 0.6 is 0 Å². The largest absolute Gasteiger partial charge is 0.475 e. The molecule has 0 amide bonds. The number of nitrogens with zero attached hydrogens (tertiary/aromatic N) is 5. The van der Waals surface area contributed by atoms with Crippen LogP contribution in [0.5, 0.6) is 0 Å². The van der Waals surface area contributed by atoms with Gasteiger partial charge in [-0.2, -0.15) is 0 Å². The van der Waals surface area contributed by atoms with Crippen molar-refractivity contribution in [1.82, 2.24) is 19.7 Å². The summed E-state index contributed by atoms with van der Waals surface area (Å²) in [4.78, 5) is 17.1. The number of anilines is 1. The quantitative estimate of drug-likeness (QED) is 0.760. The van der Waals surface area contributed by atoms with Crippen LogP contribution in [-0.4, -0.2) is 37.9 Å². The molecule has 0 aliphatic carbocycles. The van der Waals surface area contributed by atoms with Gasteiger partial charge < -0.3 is 10.0 Å². The van der Waals surface area contributed by atoms with Crippen molar-refractivity contribution in [3.05, 3.63) is 30.1 Å². The van der Waals surface area contributed by atoms with Gasteiger partial charge in [-0.3, -0.25) is 9.55 Å². The molecular formula is C10H9N5O2. The van der Waals surface area contributed by atoms with E-state index in [1.807, 2.05) is 11.9 Å². The molecule has 0 saturated carbocycles. The average Bonchev–Trinajstić information content (AvgIpc) is 2.73. The van der Waals surface area contributed by atoms with Crippen molar-refractivity contribution >= 4 is 11.7 Å². The Morgan fingerprint density at radius 1 is 1.41 bits per heavy atom. The van der Waals surface area contributed by atoms with E-state index < -0.39 is 5.97 Å². The van der Waals surface area contributed by atoms with Gasteiger partial charge >= 0.3 is 5.97 Å². The molecule has 0 radical (unpaired) electrons. The lowest BCUT2D eigenvalue weighted by Gasteiger charge is -2.27. The number of hydrogen-bond acceptors (Lipinski definition) is 5. The molecule has 7 nitrogen and oxygen atoms in total. The zero-order chi connectivity index (χ0) is 12.0. The molecule has 0 spiro atoms. The fourth-order valence-corrected chi connectivity index (χ4v) is 1.97. The molecule has 0 aromatic carbocycles. The van der Waals surface area contributed by atoms with Crippen molar-refractivity contribution in [3.63, 3.8) is 0 Å². The van der Waals surface area contributed by atoms with E-state index in [1.165, 1.54) is 0 Å². The Hall–Kier alpha value is -2.44. The Balaban J connectivity index is 2.30. The number of aromatic carboxylic acids is 1. The highest BCUT2D eigenvalue weighted by Crippen LogP contribution is 2.29. The van der Waals surface area contributed by atoms with Gasteiger partial charge in [0.25, 0.3) is 0 Å². The van der Waals surface area contributed by atoms with Gasteiger partial charge in [0.15, 0.2) is 5.82 Å². The smallest absolute Gasteiger partial charge is 0.374 e. The van der Waals surface area contributed by atoms with Gasteiger partial charge in [0, 0.05) is 13.2 Å². The van der Waals surface area contributed by atoms with E-state index in [-0.39, 0.29) is 5.82 Å². The molecule has 0 fully saturated rings. The summed E-state index contributed by atoms with van der Waals surface area (Å²) in [6, 6.07) is 1.75. The molecule has 1 aliphatic heterocycles. The van der Waals surface area contributed by atoms with E-state index in [0.717, 1.165) is 11.4 Å². The highest BCUT2D eigenvalue weighted by molar-refractivity contribution is 5.85. The second-order valence-electron chi connectivity index (χ2n) is 3.80. The van der Waals surface area contributed by atoms with Crippen molar-refractivity contribution in [1.29, 1.82) is 0 Å². The summed E-state index contributed by atoms with van der Waals surface area (Å²) in [7, 11) is 1.90. The first-order valence-electron chi connectivity index (χ1n) is 5.01. The first-order valence-corrected chi connectivity index (χ1v) is 5.01. The molecule has 3 rings (SSSR count). The van der Waals surface area contributed by atoms with Gasteiger partial charge in [0.05, 0.1) is 24.1 Å². The predicted octanol–water partition coefficient (Wildman–Crippen LogP) is 0.310. The lowest BCUT2D eigenvalue weighted by atomic mass is 10.2. The molecule has 86 valence electrons. The van der Waals surface area contributed by atoms with Gasteiger partial charge in [0.2, 0.25) is 5.82 Å². The summed E-state index contributed by atoms with van der Waals surface area (Å²) in [5, 5.41) is 16.7. The van der Waals surface area contributed by atoms with Crippen molar-refractivity contribution in [3.8, 4) is 5.69 Å². The van der Waals surface area contributed by atoms with Crippen LogP contribution in [-0.2, 0) is 6.54 Å². The molecular weight excluding hydrogens is 222 g/mol. The zero-order valence-electron chi connectivity index (χ0n) is 9.03. The Kier molecular flexibility index (Phi) is 1.88. The van der Waals surface area contributed by atoms with Crippen LogP contribution in [0, 0.1) is 0 Å². The lowest BCUT2D eigenvalue weighted by Crippen LogP contribution is -2.27. The van der Waals surface area contributed by atoms with Gasteiger partial charge in [0.1, 0.15) is 0 Å². The van der Waals surface area contributed by atoms with Gasteiger partial charge in [-0.1, -0.05) is 0 Å². The monoisotopic (exact) mass is 231 g/mol. The summed E-state index contributed by atoms with van der Waals surface area (Å²) in [5.41, 5.74) is 1.61. The highest BCUT2D eigenvalue weighted by atomic mass is 16.4. The maximum absolute atomic E-state index is 11.1. The number of carbonyl (C=O) groups is 1. The molecule has 1 N–H and O–H groups in total. The Morgan fingerprint density at radius 2 is 2.24 bits per heavy atom. The Bertz CT molecular complexity index is 606. The molecule has 0 atom stereocenters. The first-order chi connectivity index (χ1) is 8.18. The van der Waals surface area contributed by atoms with Crippen LogP contribution in [0.3, 0.4) is 0 Å². The zero-order valence-corrected chi connectivity index (χ0v) is 9.03. The lowest BCUT2D eigenvalue weighted by molar-refractivity contribution is 0.0680. The molecule has 0 unspecified atom stereocenters. The Labute approximate surface area is 96.3 Å². The third-order valence-electron chi connectivity index (χ3n) is 2.73. The number of fused-ring (bicyclic) bond motifs is 3. The molecule has 2 aromatic heterocycles. The summed E-state index contributed by atoms with van der Waals surface area (Å²) < 4.78 is 1.55. The molecule has 1 aliphatic rings. The second kappa shape index (κ2) is 3.27. The van der Waals surface area contributed by atoms with Crippen LogP contribution < -0.4 is 4.90 Å². The van der Waals surface area contributed by atoms with E-state index in [9.17, 15) is 4.79 Å². The van der Waals surface area contributed by atoms with Crippen LogP contribution in [0.15, 0.2) is 18.5 Å². The Morgan fingerprint density at radius 3 is 3.00 bits per heavy atom. The normalized spacial score (nSPS) is 13.1. The number of pyridine rings is 1. The van der Waals surface area contributed by atoms with Gasteiger partial charge in [-0.05, 0) is 6.07 Å². The number of carboxylic acids is 1. The summed E-state index contributed by atoms with van der Waals surface area (Å²) in [5.74, 6) is -0.541. The molecule has 17 heavy (non-hydrogen) atoms. The van der Waals surface area contributed by atoms with Crippen molar-refractivity contribution in [2.75, 3.05) is 11.9 Å². The fourth-order valence-electron chi connectivity index (χ4n) is 1.97. The van der Waals surface area contributed by atoms with Crippen LogP contribution in [0.1, 0.15) is 16.4 Å². The number of hydrogen-bond donors (Lipinski definition) is 1. The summed E-state index contributed by atoms with van der Waals surface area (Å²) >= 11 is 0. The maximum Gasteiger partial charge on any atom is 0.374 e. The number of rotatable bonds is 1. The standard InChI is InChI=1S/C10H9N5O2/c1-14-5-8-12-13-9(10(16)17)15(8)6-2-3-11-4-7(6)14/h2-4H,5H2,1H3,(H,16,17). The maximum atomic E-state index is 11.1. The van der Waals surface area contributed by atoms with E-state index >= 15 is 0 Å². The van der Waals surface area contributed by atoms with Crippen LogP contribution in [0.2, 0.25) is 0 Å². The summed E-state index contributed by atoms with van der Waals surface area (Å²) in [6.07, 6.45) is 3.32. The van der Waals surface area contributed by atoms with Crippen LogP contribution in [0.4, 0.5) is 5.69 Å². The minimum absolute atomic E-state index is 0.0689. The number of carboxylic acid groups (broad SMARTS) is 1. The van der Waals surface area contributed by atoms with Gasteiger partial charge in [-0.25, -0.2) is 4.79 Å². The number of aromatic nitrogens is 4. The molecule has 2 aromatic rings. The fraction of sp³-hybridized carbons (Fsp3) is 0.200.